The number of rotatable bonds is 6. The maximum atomic E-state index is 11.9. The minimum atomic E-state index is -0.0430. The highest BCUT2D eigenvalue weighted by molar-refractivity contribution is 8.00. The molecule has 0 spiro atoms. The van der Waals surface area contributed by atoms with E-state index >= 15 is 0 Å². The third-order valence-electron chi connectivity index (χ3n) is 3.09. The standard InChI is InChI=1S/C18H19NO2S/c1-13(2)18(21)14-8-10-16(11-9-14)22-12-17(20)19-15-6-4-3-5-7-15/h3-11,13H,12H2,1-2H3,(H,19,20). The number of nitrogens with one attached hydrogen (secondary N) is 1. The van der Waals surface area contributed by atoms with Crippen LogP contribution in [0.15, 0.2) is 59.5 Å². The van der Waals surface area contributed by atoms with Crippen LogP contribution in [0.5, 0.6) is 0 Å². The van der Waals surface area contributed by atoms with Gasteiger partial charge >= 0.3 is 0 Å². The van der Waals surface area contributed by atoms with Gasteiger partial charge in [0.2, 0.25) is 5.91 Å². The van der Waals surface area contributed by atoms with Crippen molar-refractivity contribution in [2.45, 2.75) is 18.7 Å². The van der Waals surface area contributed by atoms with Crippen molar-refractivity contribution in [2.24, 2.45) is 5.92 Å². The number of thioether (sulfide) groups is 1. The molecular weight excluding hydrogens is 294 g/mol. The van der Waals surface area contributed by atoms with E-state index in [1.54, 1.807) is 0 Å². The fourth-order valence-electron chi connectivity index (χ4n) is 1.92. The summed E-state index contributed by atoms with van der Waals surface area (Å²) < 4.78 is 0. The Balaban J connectivity index is 1.86. The number of ketones is 1. The summed E-state index contributed by atoms with van der Waals surface area (Å²) in [5.41, 5.74) is 1.51. The molecule has 0 saturated heterocycles. The van der Waals surface area contributed by atoms with E-state index in [0.29, 0.717) is 11.3 Å². The Morgan fingerprint density at radius 2 is 1.64 bits per heavy atom. The lowest BCUT2D eigenvalue weighted by Crippen LogP contribution is -2.13. The van der Waals surface area contributed by atoms with Crippen LogP contribution in [0.1, 0.15) is 24.2 Å². The van der Waals surface area contributed by atoms with Crippen molar-refractivity contribution in [3.63, 3.8) is 0 Å². The molecule has 0 radical (unpaired) electrons. The number of hydrogen-bond acceptors (Lipinski definition) is 3. The molecule has 22 heavy (non-hydrogen) atoms. The topological polar surface area (TPSA) is 46.2 Å². The van der Waals surface area contributed by atoms with Crippen LogP contribution < -0.4 is 5.32 Å². The van der Waals surface area contributed by atoms with Gasteiger partial charge in [-0.25, -0.2) is 0 Å². The average molecular weight is 313 g/mol. The summed E-state index contributed by atoms with van der Waals surface area (Å²) >= 11 is 1.45. The zero-order chi connectivity index (χ0) is 15.9. The summed E-state index contributed by atoms with van der Waals surface area (Å²) in [4.78, 5) is 24.7. The predicted octanol–water partition coefficient (Wildman–Crippen LogP) is 4.26. The first-order valence-corrected chi connectivity index (χ1v) is 8.17. The van der Waals surface area contributed by atoms with Crippen molar-refractivity contribution in [3.8, 4) is 0 Å². The molecule has 114 valence electrons. The van der Waals surface area contributed by atoms with E-state index in [9.17, 15) is 9.59 Å². The van der Waals surface area contributed by atoms with Crippen molar-refractivity contribution >= 4 is 29.1 Å². The van der Waals surface area contributed by atoms with Gasteiger partial charge in [0.15, 0.2) is 5.78 Å². The zero-order valence-corrected chi connectivity index (χ0v) is 13.5. The summed E-state index contributed by atoms with van der Waals surface area (Å²) in [5.74, 6) is 0.430. The van der Waals surface area contributed by atoms with Gasteiger partial charge in [-0.15, -0.1) is 11.8 Å². The van der Waals surface area contributed by atoms with E-state index in [-0.39, 0.29) is 17.6 Å². The molecule has 0 heterocycles. The van der Waals surface area contributed by atoms with Crippen LogP contribution in [-0.4, -0.2) is 17.4 Å². The van der Waals surface area contributed by atoms with Gasteiger partial charge in [-0.1, -0.05) is 44.2 Å². The number of anilines is 1. The molecule has 0 unspecified atom stereocenters. The molecule has 0 aliphatic rings. The highest BCUT2D eigenvalue weighted by Gasteiger charge is 2.10. The first-order valence-electron chi connectivity index (χ1n) is 7.18. The van der Waals surface area contributed by atoms with Crippen LogP contribution in [0.2, 0.25) is 0 Å². The highest BCUT2D eigenvalue weighted by Crippen LogP contribution is 2.20. The monoisotopic (exact) mass is 313 g/mol. The summed E-state index contributed by atoms with van der Waals surface area (Å²) in [6, 6.07) is 16.8. The second kappa shape index (κ2) is 7.80. The number of carbonyl (C=O) groups is 2. The molecule has 0 fully saturated rings. The van der Waals surface area contributed by atoms with Gasteiger partial charge < -0.3 is 5.32 Å². The molecule has 4 heteroatoms. The summed E-state index contributed by atoms with van der Waals surface area (Å²) in [7, 11) is 0. The Morgan fingerprint density at radius 1 is 1.00 bits per heavy atom. The van der Waals surface area contributed by atoms with Crippen molar-refractivity contribution in [1.29, 1.82) is 0 Å². The lowest BCUT2D eigenvalue weighted by molar-refractivity contribution is -0.113. The first kappa shape index (κ1) is 16.3. The molecule has 3 nitrogen and oxygen atoms in total. The van der Waals surface area contributed by atoms with E-state index in [0.717, 1.165) is 10.6 Å². The maximum Gasteiger partial charge on any atom is 0.234 e. The SMILES string of the molecule is CC(C)C(=O)c1ccc(SCC(=O)Nc2ccccc2)cc1. The predicted molar refractivity (Wildman–Crippen MR) is 91.4 cm³/mol. The molecule has 0 atom stereocenters. The normalized spacial score (nSPS) is 10.5. The van der Waals surface area contributed by atoms with Crippen LogP contribution in [0, 0.1) is 5.92 Å². The van der Waals surface area contributed by atoms with E-state index in [4.69, 9.17) is 0 Å². The van der Waals surface area contributed by atoms with E-state index in [1.165, 1.54) is 11.8 Å². The Morgan fingerprint density at radius 3 is 2.23 bits per heavy atom. The van der Waals surface area contributed by atoms with Gasteiger partial charge in [0, 0.05) is 22.1 Å². The van der Waals surface area contributed by atoms with Crippen LogP contribution in [-0.2, 0) is 4.79 Å². The number of para-hydroxylation sites is 1. The van der Waals surface area contributed by atoms with Crippen molar-refractivity contribution in [3.05, 3.63) is 60.2 Å². The fourth-order valence-corrected chi connectivity index (χ4v) is 2.61. The second-order valence-electron chi connectivity index (χ2n) is 5.25. The van der Waals surface area contributed by atoms with Crippen molar-refractivity contribution < 1.29 is 9.59 Å². The molecule has 1 N–H and O–H groups in total. The number of amides is 1. The van der Waals surface area contributed by atoms with Gasteiger partial charge in [-0.05, 0) is 24.3 Å². The number of carbonyl (C=O) groups excluding carboxylic acids is 2. The largest absolute Gasteiger partial charge is 0.325 e. The van der Waals surface area contributed by atoms with E-state index in [1.807, 2.05) is 68.4 Å². The van der Waals surface area contributed by atoms with Crippen LogP contribution in [0.4, 0.5) is 5.69 Å². The Labute approximate surface area is 135 Å². The molecule has 0 saturated carbocycles. The van der Waals surface area contributed by atoms with Crippen LogP contribution in [0.3, 0.4) is 0 Å². The zero-order valence-electron chi connectivity index (χ0n) is 12.7. The maximum absolute atomic E-state index is 11.9. The van der Waals surface area contributed by atoms with E-state index in [2.05, 4.69) is 5.32 Å². The minimum absolute atomic E-state index is 0.00449. The molecule has 2 aromatic rings. The van der Waals surface area contributed by atoms with Crippen molar-refractivity contribution in [2.75, 3.05) is 11.1 Å². The van der Waals surface area contributed by atoms with Crippen molar-refractivity contribution in [1.82, 2.24) is 0 Å². The second-order valence-corrected chi connectivity index (χ2v) is 6.29. The first-order chi connectivity index (χ1) is 10.6. The molecule has 0 aliphatic heterocycles. The summed E-state index contributed by atoms with van der Waals surface area (Å²) in [6.45, 7) is 3.78. The summed E-state index contributed by atoms with van der Waals surface area (Å²) in [5, 5.41) is 2.84. The van der Waals surface area contributed by atoms with Gasteiger partial charge in [0.05, 0.1) is 5.75 Å². The number of Topliss-reactive ketones (excluding diaryl/α,β-unsaturated/α-hetero) is 1. The molecule has 1 amide bonds. The van der Waals surface area contributed by atoms with Gasteiger partial charge in [0.1, 0.15) is 0 Å². The lowest BCUT2D eigenvalue weighted by atomic mass is 10.0. The number of hydrogen-bond donors (Lipinski definition) is 1. The quantitative estimate of drug-likeness (QED) is 0.640. The average Bonchev–Trinajstić information content (AvgIpc) is 2.53. The lowest BCUT2D eigenvalue weighted by Gasteiger charge is -2.07. The third-order valence-corrected chi connectivity index (χ3v) is 4.10. The van der Waals surface area contributed by atoms with Gasteiger partial charge in [0.25, 0.3) is 0 Å². The Hall–Kier alpha value is -2.07. The number of benzene rings is 2. The Bertz CT molecular complexity index is 636. The smallest absolute Gasteiger partial charge is 0.234 e. The Kier molecular flexibility index (Phi) is 5.78. The van der Waals surface area contributed by atoms with Crippen LogP contribution >= 0.6 is 11.8 Å². The van der Waals surface area contributed by atoms with Gasteiger partial charge in [-0.2, -0.15) is 0 Å². The molecule has 2 rings (SSSR count). The van der Waals surface area contributed by atoms with Gasteiger partial charge in [-0.3, -0.25) is 9.59 Å². The molecular formula is C18H19NO2S. The molecule has 0 aromatic heterocycles. The minimum Gasteiger partial charge on any atom is -0.325 e. The van der Waals surface area contributed by atoms with E-state index < -0.39 is 0 Å². The molecule has 0 aliphatic carbocycles. The molecule has 0 bridgehead atoms. The summed E-state index contributed by atoms with van der Waals surface area (Å²) in [6.07, 6.45) is 0. The highest BCUT2D eigenvalue weighted by atomic mass is 32.2. The third kappa shape index (κ3) is 4.74. The van der Waals surface area contributed by atoms with Crippen LogP contribution in [0.25, 0.3) is 0 Å². The fraction of sp³-hybridized carbons (Fsp3) is 0.222. The molecule has 2 aromatic carbocycles.